The molecule has 0 aromatic heterocycles. The smallest absolute Gasteiger partial charge is 0.237 e. The molecule has 1 saturated heterocycles. The molecule has 106 valence electrons. The molecule has 1 amide bonds. The van der Waals surface area contributed by atoms with E-state index in [1.54, 1.807) is 6.92 Å². The number of primary amides is 1. The van der Waals surface area contributed by atoms with E-state index in [2.05, 4.69) is 4.90 Å². The van der Waals surface area contributed by atoms with Gasteiger partial charge in [0.1, 0.15) is 0 Å². The first kappa shape index (κ1) is 15.4. The van der Waals surface area contributed by atoms with Crippen molar-refractivity contribution in [3.8, 4) is 0 Å². The molecular formula is C11H23N3O3S. The van der Waals surface area contributed by atoms with Crippen LogP contribution in [0.5, 0.6) is 0 Å². The summed E-state index contributed by atoms with van der Waals surface area (Å²) in [6, 6.07) is 0.0424. The van der Waals surface area contributed by atoms with E-state index < -0.39 is 21.3 Å². The van der Waals surface area contributed by atoms with Crippen molar-refractivity contribution >= 4 is 15.7 Å². The first-order valence-corrected chi connectivity index (χ1v) is 7.99. The van der Waals surface area contributed by atoms with Crippen molar-refractivity contribution in [2.45, 2.75) is 38.3 Å². The maximum Gasteiger partial charge on any atom is 0.237 e. The van der Waals surface area contributed by atoms with Crippen molar-refractivity contribution in [3.05, 3.63) is 0 Å². The molecule has 0 aromatic carbocycles. The Balaban J connectivity index is 2.62. The second kappa shape index (κ2) is 5.54. The SMILES string of the molecule is CC(CC(C)(N)C(N)=O)N1CCCS(=O)(=O)CC1. The summed E-state index contributed by atoms with van der Waals surface area (Å²) in [6.07, 6.45) is 1.06. The van der Waals surface area contributed by atoms with Crippen molar-refractivity contribution in [1.82, 2.24) is 4.90 Å². The van der Waals surface area contributed by atoms with E-state index in [1.807, 2.05) is 6.92 Å². The lowest BCUT2D eigenvalue weighted by atomic mass is 9.93. The third-order valence-corrected chi connectivity index (χ3v) is 5.21. The number of nitrogens with zero attached hydrogens (tertiary/aromatic N) is 1. The minimum absolute atomic E-state index is 0.0424. The molecule has 1 aliphatic heterocycles. The van der Waals surface area contributed by atoms with Gasteiger partial charge in [-0.25, -0.2) is 8.42 Å². The van der Waals surface area contributed by atoms with Crippen LogP contribution in [0.25, 0.3) is 0 Å². The van der Waals surface area contributed by atoms with Crippen LogP contribution in [0.1, 0.15) is 26.7 Å². The Bertz CT molecular complexity index is 406. The van der Waals surface area contributed by atoms with Gasteiger partial charge in [-0.3, -0.25) is 9.69 Å². The molecule has 1 aliphatic rings. The molecule has 0 radical (unpaired) electrons. The Labute approximate surface area is 109 Å². The Morgan fingerprint density at radius 2 is 2.00 bits per heavy atom. The Hall–Kier alpha value is -0.660. The highest BCUT2D eigenvalue weighted by Gasteiger charge is 2.31. The van der Waals surface area contributed by atoms with Crippen molar-refractivity contribution in [1.29, 1.82) is 0 Å². The minimum atomic E-state index is -2.91. The first-order valence-electron chi connectivity index (χ1n) is 6.17. The lowest BCUT2D eigenvalue weighted by Crippen LogP contribution is -2.53. The molecule has 0 bridgehead atoms. The predicted molar refractivity (Wildman–Crippen MR) is 70.7 cm³/mol. The van der Waals surface area contributed by atoms with E-state index in [0.29, 0.717) is 19.4 Å². The molecule has 0 aliphatic carbocycles. The third kappa shape index (κ3) is 4.22. The zero-order chi connectivity index (χ0) is 14.0. The van der Waals surface area contributed by atoms with Crippen LogP contribution in [0.4, 0.5) is 0 Å². The van der Waals surface area contributed by atoms with Crippen LogP contribution in [-0.2, 0) is 14.6 Å². The lowest BCUT2D eigenvalue weighted by molar-refractivity contribution is -0.123. The van der Waals surface area contributed by atoms with Crippen LogP contribution in [0.15, 0.2) is 0 Å². The fourth-order valence-electron chi connectivity index (χ4n) is 2.24. The van der Waals surface area contributed by atoms with Crippen molar-refractivity contribution < 1.29 is 13.2 Å². The summed E-state index contributed by atoms with van der Waals surface area (Å²) in [6.45, 7) is 4.78. The monoisotopic (exact) mass is 277 g/mol. The second-order valence-electron chi connectivity index (χ2n) is 5.38. The molecule has 4 N–H and O–H groups in total. The maximum atomic E-state index is 11.5. The molecule has 6 nitrogen and oxygen atoms in total. The number of hydrogen-bond acceptors (Lipinski definition) is 5. The summed E-state index contributed by atoms with van der Waals surface area (Å²) in [7, 11) is -2.91. The molecule has 2 atom stereocenters. The Kier molecular flexibility index (Phi) is 4.74. The molecule has 0 saturated carbocycles. The van der Waals surface area contributed by atoms with E-state index in [-0.39, 0.29) is 17.5 Å². The van der Waals surface area contributed by atoms with Crippen LogP contribution in [0.2, 0.25) is 0 Å². The van der Waals surface area contributed by atoms with Crippen LogP contribution < -0.4 is 11.5 Å². The number of hydrogen-bond donors (Lipinski definition) is 2. The van der Waals surface area contributed by atoms with Gasteiger partial charge in [-0.1, -0.05) is 0 Å². The van der Waals surface area contributed by atoms with Gasteiger partial charge in [0.05, 0.1) is 17.0 Å². The van der Waals surface area contributed by atoms with Gasteiger partial charge in [-0.05, 0) is 33.2 Å². The number of rotatable bonds is 4. The quantitative estimate of drug-likeness (QED) is 0.692. The van der Waals surface area contributed by atoms with E-state index in [1.165, 1.54) is 0 Å². The largest absolute Gasteiger partial charge is 0.368 e. The fraction of sp³-hybridized carbons (Fsp3) is 0.909. The van der Waals surface area contributed by atoms with Crippen molar-refractivity contribution in [2.24, 2.45) is 11.5 Å². The van der Waals surface area contributed by atoms with Gasteiger partial charge >= 0.3 is 0 Å². The average molecular weight is 277 g/mol. The predicted octanol–water partition coefficient (Wildman–Crippen LogP) is -0.912. The molecule has 1 heterocycles. The van der Waals surface area contributed by atoms with Crippen molar-refractivity contribution in [2.75, 3.05) is 24.6 Å². The van der Waals surface area contributed by atoms with Crippen LogP contribution in [0, 0.1) is 0 Å². The number of carbonyl (C=O) groups is 1. The van der Waals surface area contributed by atoms with Gasteiger partial charge in [0.25, 0.3) is 0 Å². The summed E-state index contributed by atoms with van der Waals surface area (Å²) in [4.78, 5) is 13.3. The maximum absolute atomic E-state index is 11.5. The normalized spacial score (nSPS) is 25.9. The Morgan fingerprint density at radius 3 is 2.56 bits per heavy atom. The van der Waals surface area contributed by atoms with Gasteiger partial charge < -0.3 is 11.5 Å². The van der Waals surface area contributed by atoms with Gasteiger partial charge in [0.15, 0.2) is 9.84 Å². The standard InChI is InChI=1S/C11H23N3O3S/c1-9(8-11(2,13)10(12)15)14-4-3-6-18(16,17)7-5-14/h9H,3-8,13H2,1-2H3,(H2,12,15). The van der Waals surface area contributed by atoms with Crippen LogP contribution in [0.3, 0.4) is 0 Å². The second-order valence-corrected chi connectivity index (χ2v) is 7.68. The molecule has 0 aromatic rings. The molecule has 2 unspecified atom stereocenters. The van der Waals surface area contributed by atoms with Gasteiger partial charge in [0.2, 0.25) is 5.91 Å². The highest BCUT2D eigenvalue weighted by atomic mass is 32.2. The number of amides is 1. The third-order valence-electron chi connectivity index (χ3n) is 3.50. The van der Waals surface area contributed by atoms with E-state index in [4.69, 9.17) is 11.5 Å². The lowest BCUT2D eigenvalue weighted by Gasteiger charge is -2.32. The highest BCUT2D eigenvalue weighted by molar-refractivity contribution is 7.91. The van der Waals surface area contributed by atoms with Gasteiger partial charge in [-0.15, -0.1) is 0 Å². The topological polar surface area (TPSA) is 106 Å². The summed E-state index contributed by atoms with van der Waals surface area (Å²) >= 11 is 0. The van der Waals surface area contributed by atoms with Crippen molar-refractivity contribution in [3.63, 3.8) is 0 Å². The van der Waals surface area contributed by atoms with Crippen LogP contribution in [-0.4, -0.2) is 55.4 Å². The summed E-state index contributed by atoms with van der Waals surface area (Å²) in [5, 5.41) is 0. The Morgan fingerprint density at radius 1 is 1.39 bits per heavy atom. The summed E-state index contributed by atoms with van der Waals surface area (Å²) < 4.78 is 23.0. The van der Waals surface area contributed by atoms with E-state index in [9.17, 15) is 13.2 Å². The molecule has 7 heteroatoms. The van der Waals surface area contributed by atoms with Gasteiger partial charge in [-0.2, -0.15) is 0 Å². The first-order chi connectivity index (χ1) is 8.14. The number of sulfone groups is 1. The molecular weight excluding hydrogens is 254 g/mol. The zero-order valence-corrected chi connectivity index (χ0v) is 11.9. The molecule has 18 heavy (non-hydrogen) atoms. The molecule has 0 spiro atoms. The fourth-order valence-corrected chi connectivity index (χ4v) is 3.53. The molecule has 1 rings (SSSR count). The van der Waals surface area contributed by atoms with Crippen LogP contribution >= 0.6 is 0 Å². The summed E-state index contributed by atoms with van der Waals surface area (Å²) in [5.74, 6) is -0.113. The minimum Gasteiger partial charge on any atom is -0.368 e. The number of nitrogens with two attached hydrogens (primary N) is 2. The molecule has 1 fully saturated rings. The summed E-state index contributed by atoms with van der Waals surface area (Å²) in [5.41, 5.74) is 10.0. The van der Waals surface area contributed by atoms with E-state index in [0.717, 1.165) is 6.54 Å². The highest BCUT2D eigenvalue weighted by Crippen LogP contribution is 2.16. The van der Waals surface area contributed by atoms with Gasteiger partial charge in [0, 0.05) is 12.6 Å². The number of carbonyl (C=O) groups excluding carboxylic acids is 1. The zero-order valence-electron chi connectivity index (χ0n) is 11.1. The van der Waals surface area contributed by atoms with E-state index >= 15 is 0 Å². The average Bonchev–Trinajstić information content (AvgIpc) is 2.38.